The van der Waals surface area contributed by atoms with Crippen LogP contribution in [0.2, 0.25) is 5.02 Å². The molecular weight excluding hydrogens is 236 g/mol. The van der Waals surface area contributed by atoms with Crippen molar-refractivity contribution in [3.8, 4) is 0 Å². The first kappa shape index (κ1) is 12.4. The molecule has 0 spiro atoms. The highest BCUT2D eigenvalue weighted by Crippen LogP contribution is 2.25. The number of carbonyl (C=O) groups excluding carboxylic acids is 1. The number of hydrogen-bond donors (Lipinski definition) is 2. The van der Waals surface area contributed by atoms with E-state index in [0.29, 0.717) is 5.02 Å². The van der Waals surface area contributed by atoms with Crippen LogP contribution in [-0.2, 0) is 4.79 Å². The molecule has 0 saturated carbocycles. The Hall–Kier alpha value is -1.06. The number of anilines is 1. The lowest BCUT2D eigenvalue weighted by Gasteiger charge is -2.23. The van der Waals surface area contributed by atoms with Crippen LogP contribution in [0.15, 0.2) is 18.2 Å². The molecule has 1 aromatic carbocycles. The van der Waals surface area contributed by atoms with E-state index in [-0.39, 0.29) is 11.9 Å². The third-order valence-corrected chi connectivity index (χ3v) is 3.41. The Morgan fingerprint density at radius 1 is 1.47 bits per heavy atom. The lowest BCUT2D eigenvalue weighted by molar-refractivity contribution is -0.118. The zero-order valence-corrected chi connectivity index (χ0v) is 10.7. The Bertz CT molecular complexity index is 394. The first-order valence-corrected chi connectivity index (χ1v) is 6.35. The summed E-state index contributed by atoms with van der Waals surface area (Å²) in [6.07, 6.45) is 3.15. The average molecular weight is 253 g/mol. The molecule has 1 aromatic rings. The molecule has 1 fully saturated rings. The van der Waals surface area contributed by atoms with Crippen LogP contribution in [0, 0.1) is 6.92 Å². The largest absolute Gasteiger partial charge is 0.323 e. The van der Waals surface area contributed by atoms with E-state index in [0.717, 1.165) is 37.1 Å². The van der Waals surface area contributed by atoms with Crippen LogP contribution in [0.3, 0.4) is 0 Å². The standard InChI is InChI=1S/C13H17ClN2O/c1-9-5-4-6-10(14)12(9)16-13(17)11-7-2-3-8-15-11/h4-6,11,15H,2-3,7-8H2,1H3,(H,16,17)/t11-/m0/s1. The number of para-hydroxylation sites is 1. The van der Waals surface area contributed by atoms with Gasteiger partial charge >= 0.3 is 0 Å². The molecule has 0 aliphatic carbocycles. The number of halogens is 1. The normalized spacial score (nSPS) is 20.0. The van der Waals surface area contributed by atoms with Gasteiger partial charge in [-0.2, -0.15) is 0 Å². The van der Waals surface area contributed by atoms with E-state index in [1.54, 1.807) is 6.07 Å². The van der Waals surface area contributed by atoms with Crippen LogP contribution in [0.25, 0.3) is 0 Å². The van der Waals surface area contributed by atoms with E-state index in [9.17, 15) is 4.79 Å². The highest BCUT2D eigenvalue weighted by atomic mass is 35.5. The monoisotopic (exact) mass is 252 g/mol. The molecule has 1 amide bonds. The predicted octanol–water partition coefficient (Wildman–Crippen LogP) is 2.73. The summed E-state index contributed by atoms with van der Waals surface area (Å²) in [4.78, 5) is 12.0. The van der Waals surface area contributed by atoms with E-state index in [1.165, 1.54) is 0 Å². The fourth-order valence-corrected chi connectivity index (χ4v) is 2.35. The van der Waals surface area contributed by atoms with Gasteiger partial charge in [0.05, 0.1) is 16.8 Å². The van der Waals surface area contributed by atoms with Crippen molar-refractivity contribution in [1.29, 1.82) is 0 Å². The first-order chi connectivity index (χ1) is 8.18. The summed E-state index contributed by atoms with van der Waals surface area (Å²) in [6, 6.07) is 5.53. The number of amides is 1. The van der Waals surface area contributed by atoms with Crippen molar-refractivity contribution in [2.45, 2.75) is 32.2 Å². The topological polar surface area (TPSA) is 41.1 Å². The molecule has 1 heterocycles. The second kappa shape index (κ2) is 5.52. The summed E-state index contributed by atoms with van der Waals surface area (Å²) in [5.41, 5.74) is 1.72. The van der Waals surface area contributed by atoms with Crippen molar-refractivity contribution in [3.05, 3.63) is 28.8 Å². The fourth-order valence-electron chi connectivity index (χ4n) is 2.08. The van der Waals surface area contributed by atoms with E-state index >= 15 is 0 Å². The molecule has 3 nitrogen and oxygen atoms in total. The Morgan fingerprint density at radius 3 is 2.94 bits per heavy atom. The van der Waals surface area contributed by atoms with E-state index in [4.69, 9.17) is 11.6 Å². The van der Waals surface area contributed by atoms with Crippen LogP contribution in [0.5, 0.6) is 0 Å². The molecule has 2 rings (SSSR count). The second-order valence-corrected chi connectivity index (χ2v) is 4.83. The number of aryl methyl sites for hydroxylation is 1. The number of carbonyl (C=O) groups is 1. The summed E-state index contributed by atoms with van der Waals surface area (Å²) in [7, 11) is 0. The maximum Gasteiger partial charge on any atom is 0.241 e. The third-order valence-electron chi connectivity index (χ3n) is 3.10. The molecule has 0 unspecified atom stereocenters. The van der Waals surface area contributed by atoms with Gasteiger partial charge in [-0.3, -0.25) is 4.79 Å². The smallest absolute Gasteiger partial charge is 0.241 e. The van der Waals surface area contributed by atoms with E-state index < -0.39 is 0 Å². The van der Waals surface area contributed by atoms with Crippen LogP contribution in [-0.4, -0.2) is 18.5 Å². The lowest BCUT2D eigenvalue weighted by Crippen LogP contribution is -2.43. The molecule has 1 aliphatic heterocycles. The minimum atomic E-state index is -0.0839. The molecule has 4 heteroatoms. The molecule has 0 aromatic heterocycles. The molecule has 1 atom stereocenters. The second-order valence-electron chi connectivity index (χ2n) is 4.42. The van der Waals surface area contributed by atoms with E-state index in [2.05, 4.69) is 10.6 Å². The molecule has 0 bridgehead atoms. The number of rotatable bonds is 2. The third kappa shape index (κ3) is 2.99. The molecule has 17 heavy (non-hydrogen) atoms. The predicted molar refractivity (Wildman–Crippen MR) is 70.5 cm³/mol. The van der Waals surface area contributed by atoms with Gasteiger partial charge in [-0.25, -0.2) is 0 Å². The van der Waals surface area contributed by atoms with Gasteiger partial charge in [0.1, 0.15) is 0 Å². The zero-order valence-electron chi connectivity index (χ0n) is 9.92. The van der Waals surface area contributed by atoms with Crippen molar-refractivity contribution < 1.29 is 4.79 Å². The van der Waals surface area contributed by atoms with Crippen LogP contribution in [0.4, 0.5) is 5.69 Å². The molecular formula is C13H17ClN2O. The van der Waals surface area contributed by atoms with Gasteiger partial charge in [-0.15, -0.1) is 0 Å². The molecule has 0 radical (unpaired) electrons. The van der Waals surface area contributed by atoms with Crippen molar-refractivity contribution in [1.82, 2.24) is 5.32 Å². The van der Waals surface area contributed by atoms with Gasteiger partial charge in [0, 0.05) is 0 Å². The zero-order chi connectivity index (χ0) is 12.3. The summed E-state index contributed by atoms with van der Waals surface area (Å²) < 4.78 is 0. The molecule has 1 saturated heterocycles. The van der Waals surface area contributed by atoms with E-state index in [1.807, 2.05) is 19.1 Å². The molecule has 2 N–H and O–H groups in total. The lowest BCUT2D eigenvalue weighted by atomic mass is 10.0. The average Bonchev–Trinajstić information content (AvgIpc) is 2.35. The number of piperidine rings is 1. The highest BCUT2D eigenvalue weighted by molar-refractivity contribution is 6.34. The quantitative estimate of drug-likeness (QED) is 0.850. The molecule has 1 aliphatic rings. The van der Waals surface area contributed by atoms with Gasteiger partial charge in [-0.1, -0.05) is 30.2 Å². The van der Waals surface area contributed by atoms with Gasteiger partial charge in [0.2, 0.25) is 5.91 Å². The van der Waals surface area contributed by atoms with Gasteiger partial charge < -0.3 is 10.6 Å². The number of benzene rings is 1. The van der Waals surface area contributed by atoms with Gasteiger partial charge in [0.25, 0.3) is 0 Å². The number of hydrogen-bond acceptors (Lipinski definition) is 2. The molecule has 92 valence electrons. The SMILES string of the molecule is Cc1cccc(Cl)c1NC(=O)[C@@H]1CCCCN1. The van der Waals surface area contributed by atoms with Crippen LogP contribution in [0.1, 0.15) is 24.8 Å². The summed E-state index contributed by atoms with van der Waals surface area (Å²) >= 11 is 6.08. The van der Waals surface area contributed by atoms with Gasteiger partial charge in [-0.05, 0) is 37.9 Å². The Balaban J connectivity index is 2.07. The summed E-state index contributed by atoms with van der Waals surface area (Å²) in [5.74, 6) is 0.0147. The minimum Gasteiger partial charge on any atom is -0.323 e. The van der Waals surface area contributed by atoms with Crippen molar-refractivity contribution in [2.24, 2.45) is 0 Å². The van der Waals surface area contributed by atoms with Crippen LogP contribution < -0.4 is 10.6 Å². The van der Waals surface area contributed by atoms with Crippen molar-refractivity contribution in [2.75, 3.05) is 11.9 Å². The number of nitrogens with one attached hydrogen (secondary N) is 2. The maximum absolute atomic E-state index is 12.0. The minimum absolute atomic E-state index is 0.0147. The summed E-state index contributed by atoms with van der Waals surface area (Å²) in [5, 5.41) is 6.73. The fraction of sp³-hybridized carbons (Fsp3) is 0.462. The van der Waals surface area contributed by atoms with Crippen molar-refractivity contribution in [3.63, 3.8) is 0 Å². The van der Waals surface area contributed by atoms with Crippen LogP contribution >= 0.6 is 11.6 Å². The Kier molecular flexibility index (Phi) is 4.02. The van der Waals surface area contributed by atoms with Gasteiger partial charge in [0.15, 0.2) is 0 Å². The van der Waals surface area contributed by atoms with Crippen molar-refractivity contribution >= 4 is 23.2 Å². The summed E-state index contributed by atoms with van der Waals surface area (Å²) in [6.45, 7) is 2.86. The maximum atomic E-state index is 12.0. The Morgan fingerprint density at radius 2 is 2.29 bits per heavy atom. The Labute approximate surface area is 107 Å². The first-order valence-electron chi connectivity index (χ1n) is 5.98. The highest BCUT2D eigenvalue weighted by Gasteiger charge is 2.21.